The first-order valence-corrected chi connectivity index (χ1v) is 7.93. The lowest BCUT2D eigenvalue weighted by Crippen LogP contribution is -2.36. The van der Waals surface area contributed by atoms with E-state index in [1.165, 1.54) is 24.1 Å². The van der Waals surface area contributed by atoms with E-state index in [1.807, 2.05) is 0 Å². The number of nitrogens with zero attached hydrogens (tertiary/aromatic N) is 1. The van der Waals surface area contributed by atoms with Crippen LogP contribution in [-0.4, -0.2) is 42.9 Å². The zero-order chi connectivity index (χ0) is 16.0. The Bertz CT molecular complexity index is 495. The van der Waals surface area contributed by atoms with Gasteiger partial charge in [0.1, 0.15) is 0 Å². The van der Waals surface area contributed by atoms with Gasteiger partial charge in [-0.2, -0.15) is 13.2 Å². The first-order chi connectivity index (χ1) is 9.81. The number of ether oxygens (including phenoxy) is 1. The molecule has 8 heteroatoms. The third kappa shape index (κ3) is 5.27. The third-order valence-corrected chi connectivity index (χ3v) is 3.57. The fourth-order valence-corrected chi connectivity index (χ4v) is 2.52. The van der Waals surface area contributed by atoms with Crippen LogP contribution in [0.2, 0.25) is 0 Å². The summed E-state index contributed by atoms with van der Waals surface area (Å²) >= 11 is 6.18. The van der Waals surface area contributed by atoms with Gasteiger partial charge in [-0.1, -0.05) is 31.9 Å². The number of benzene rings is 1. The van der Waals surface area contributed by atoms with E-state index >= 15 is 0 Å². The van der Waals surface area contributed by atoms with Crippen LogP contribution in [-0.2, 0) is 10.9 Å². The van der Waals surface area contributed by atoms with Crippen LogP contribution >= 0.6 is 31.9 Å². The Hall–Kier alpha value is -0.600. The number of hydrogen-bond acceptors (Lipinski definition) is 2. The van der Waals surface area contributed by atoms with Crippen LogP contribution in [0, 0.1) is 0 Å². The topological polar surface area (TPSA) is 29.5 Å². The molecule has 0 unspecified atom stereocenters. The molecular formula is C13H14Br2F3NO2. The molecule has 1 rings (SSSR count). The van der Waals surface area contributed by atoms with Crippen molar-refractivity contribution >= 4 is 37.8 Å². The molecule has 0 aliphatic heterocycles. The number of halogens is 5. The van der Waals surface area contributed by atoms with Crippen molar-refractivity contribution < 1.29 is 22.7 Å². The average Bonchev–Trinajstić information content (AvgIpc) is 2.41. The summed E-state index contributed by atoms with van der Waals surface area (Å²) in [6.45, 7) is 0.792. The molecule has 0 N–H and O–H groups in total. The van der Waals surface area contributed by atoms with Crippen LogP contribution in [0.15, 0.2) is 22.7 Å². The summed E-state index contributed by atoms with van der Waals surface area (Å²) in [5.74, 6) is -0.661. The van der Waals surface area contributed by atoms with Gasteiger partial charge in [-0.05, 0) is 18.2 Å². The fraction of sp³-hybridized carbons (Fsp3) is 0.462. The number of methoxy groups -OCH3 is 1. The van der Waals surface area contributed by atoms with Crippen molar-refractivity contribution in [2.24, 2.45) is 0 Å². The van der Waals surface area contributed by atoms with Crippen molar-refractivity contribution in [2.75, 3.05) is 32.1 Å². The van der Waals surface area contributed by atoms with Gasteiger partial charge in [0.2, 0.25) is 0 Å². The van der Waals surface area contributed by atoms with Gasteiger partial charge < -0.3 is 9.64 Å². The second-order valence-electron chi connectivity index (χ2n) is 4.16. The minimum Gasteiger partial charge on any atom is -0.383 e. The Labute approximate surface area is 137 Å². The van der Waals surface area contributed by atoms with E-state index in [9.17, 15) is 18.0 Å². The molecule has 3 nitrogen and oxygen atoms in total. The zero-order valence-corrected chi connectivity index (χ0v) is 14.4. The molecule has 0 heterocycles. The van der Waals surface area contributed by atoms with Crippen LogP contribution < -0.4 is 0 Å². The Morgan fingerprint density at radius 1 is 1.33 bits per heavy atom. The number of amides is 1. The number of rotatable bonds is 6. The van der Waals surface area contributed by atoms with Gasteiger partial charge in [-0.25, -0.2) is 0 Å². The van der Waals surface area contributed by atoms with Gasteiger partial charge in [-0.15, -0.1) is 0 Å². The second kappa shape index (κ2) is 8.14. The van der Waals surface area contributed by atoms with Gasteiger partial charge in [0, 0.05) is 30.0 Å². The maximum atomic E-state index is 13.1. The molecule has 0 aliphatic rings. The molecule has 0 saturated carbocycles. The van der Waals surface area contributed by atoms with E-state index in [1.54, 1.807) is 0 Å². The summed E-state index contributed by atoms with van der Waals surface area (Å²) < 4.78 is 44.3. The zero-order valence-electron chi connectivity index (χ0n) is 11.2. The molecule has 0 aliphatic carbocycles. The number of carbonyl (C=O) groups is 1. The largest absolute Gasteiger partial charge is 0.417 e. The first-order valence-electron chi connectivity index (χ1n) is 6.02. The van der Waals surface area contributed by atoms with Crippen molar-refractivity contribution in [1.29, 1.82) is 0 Å². The SMILES string of the molecule is COCCN(CCBr)C(=O)c1ccc(Br)cc1C(F)(F)F. The van der Waals surface area contributed by atoms with Crippen LogP contribution in [0.3, 0.4) is 0 Å². The number of alkyl halides is 4. The minimum atomic E-state index is -4.59. The van der Waals surface area contributed by atoms with Crippen molar-refractivity contribution in [3.05, 3.63) is 33.8 Å². The maximum Gasteiger partial charge on any atom is 0.417 e. The highest BCUT2D eigenvalue weighted by molar-refractivity contribution is 9.10. The highest BCUT2D eigenvalue weighted by Gasteiger charge is 2.36. The van der Waals surface area contributed by atoms with Crippen LogP contribution in [0.4, 0.5) is 13.2 Å². The van der Waals surface area contributed by atoms with Crippen molar-refractivity contribution in [2.45, 2.75) is 6.18 Å². The first kappa shape index (κ1) is 18.4. The lowest BCUT2D eigenvalue weighted by molar-refractivity contribution is -0.138. The minimum absolute atomic E-state index is 0.230. The summed E-state index contributed by atoms with van der Waals surface area (Å²) in [7, 11) is 1.47. The molecule has 1 aromatic rings. The molecule has 1 amide bonds. The van der Waals surface area contributed by atoms with Crippen molar-refractivity contribution in [3.8, 4) is 0 Å². The Morgan fingerprint density at radius 2 is 2.00 bits per heavy atom. The van der Waals surface area contributed by atoms with E-state index in [4.69, 9.17) is 4.74 Å². The molecule has 0 saturated heterocycles. The molecule has 118 valence electrons. The summed E-state index contributed by atoms with van der Waals surface area (Å²) in [4.78, 5) is 13.7. The normalized spacial score (nSPS) is 11.5. The monoisotopic (exact) mass is 431 g/mol. The summed E-state index contributed by atoms with van der Waals surface area (Å²) in [6, 6.07) is 3.52. The molecule has 0 bridgehead atoms. The molecular weight excluding hydrogens is 419 g/mol. The van der Waals surface area contributed by atoms with Gasteiger partial charge in [0.25, 0.3) is 5.91 Å². The second-order valence-corrected chi connectivity index (χ2v) is 5.87. The van der Waals surface area contributed by atoms with Crippen molar-refractivity contribution in [3.63, 3.8) is 0 Å². The maximum absolute atomic E-state index is 13.1. The van der Waals surface area contributed by atoms with E-state index in [0.29, 0.717) is 11.9 Å². The van der Waals surface area contributed by atoms with E-state index < -0.39 is 17.6 Å². The van der Waals surface area contributed by atoms with Crippen LogP contribution in [0.25, 0.3) is 0 Å². The summed E-state index contributed by atoms with van der Waals surface area (Å²) in [5, 5.41) is 0.473. The molecule has 1 aromatic carbocycles. The molecule has 0 spiro atoms. The molecule has 0 radical (unpaired) electrons. The summed E-state index contributed by atoms with van der Waals surface area (Å²) in [5.41, 5.74) is -1.30. The highest BCUT2D eigenvalue weighted by atomic mass is 79.9. The van der Waals surface area contributed by atoms with Gasteiger partial charge in [0.15, 0.2) is 0 Å². The smallest absolute Gasteiger partial charge is 0.383 e. The lowest BCUT2D eigenvalue weighted by atomic mass is 10.1. The van der Waals surface area contributed by atoms with E-state index in [-0.39, 0.29) is 23.2 Å². The quantitative estimate of drug-likeness (QED) is 0.637. The van der Waals surface area contributed by atoms with Crippen molar-refractivity contribution in [1.82, 2.24) is 4.90 Å². The molecule has 0 fully saturated rings. The molecule has 0 atom stereocenters. The van der Waals surface area contributed by atoms with Gasteiger partial charge in [0.05, 0.1) is 17.7 Å². The third-order valence-electron chi connectivity index (χ3n) is 2.72. The predicted molar refractivity (Wildman–Crippen MR) is 80.7 cm³/mol. The Kier molecular flexibility index (Phi) is 7.15. The lowest BCUT2D eigenvalue weighted by Gasteiger charge is -2.23. The van der Waals surface area contributed by atoms with E-state index in [0.717, 1.165) is 6.07 Å². The predicted octanol–water partition coefficient (Wildman–Crippen LogP) is 3.95. The number of carbonyl (C=O) groups excluding carboxylic acids is 1. The Morgan fingerprint density at radius 3 is 2.52 bits per heavy atom. The highest BCUT2D eigenvalue weighted by Crippen LogP contribution is 2.34. The van der Waals surface area contributed by atoms with Gasteiger partial charge in [-0.3, -0.25) is 4.79 Å². The fourth-order valence-electron chi connectivity index (χ4n) is 1.73. The van der Waals surface area contributed by atoms with Crippen LogP contribution in [0.5, 0.6) is 0 Å². The average molecular weight is 433 g/mol. The van der Waals surface area contributed by atoms with E-state index in [2.05, 4.69) is 31.9 Å². The Balaban J connectivity index is 3.15. The number of hydrogen-bond donors (Lipinski definition) is 0. The molecule has 0 aromatic heterocycles. The molecule has 21 heavy (non-hydrogen) atoms. The van der Waals surface area contributed by atoms with Crippen LogP contribution in [0.1, 0.15) is 15.9 Å². The standard InChI is InChI=1S/C13H14Br2F3NO2/c1-21-7-6-19(5-4-14)12(20)10-3-2-9(15)8-11(10)13(16,17)18/h2-3,8H,4-7H2,1H3. The van der Waals surface area contributed by atoms with Gasteiger partial charge >= 0.3 is 6.18 Å². The summed E-state index contributed by atoms with van der Waals surface area (Å²) in [6.07, 6.45) is -4.59.